The van der Waals surface area contributed by atoms with Gasteiger partial charge in [-0.2, -0.15) is 8.78 Å². The zero-order valence-electron chi connectivity index (χ0n) is 9.58. The molecule has 1 heterocycles. The van der Waals surface area contributed by atoms with Crippen LogP contribution in [0.2, 0.25) is 0 Å². The summed E-state index contributed by atoms with van der Waals surface area (Å²) in [5, 5.41) is 3.23. The zero-order valence-corrected chi connectivity index (χ0v) is 9.58. The van der Waals surface area contributed by atoms with E-state index in [0.717, 1.165) is 5.56 Å². The molecule has 0 aliphatic carbocycles. The molecule has 1 N–H and O–H groups in total. The molecule has 1 unspecified atom stereocenters. The molecule has 1 saturated heterocycles. The fraction of sp³-hybridized carbons (Fsp3) is 0.500. The number of nitrogens with one attached hydrogen (secondary N) is 1. The molecule has 1 fully saturated rings. The molecule has 0 saturated carbocycles. The van der Waals surface area contributed by atoms with Crippen LogP contribution in [0.25, 0.3) is 0 Å². The summed E-state index contributed by atoms with van der Waals surface area (Å²) in [4.78, 5) is 0. The molecule has 1 atom stereocenters. The predicted molar refractivity (Wildman–Crippen MR) is 59.4 cm³/mol. The fourth-order valence-electron chi connectivity index (χ4n) is 1.96. The van der Waals surface area contributed by atoms with E-state index < -0.39 is 6.61 Å². The number of para-hydroxylation sites is 1. The Kier molecular flexibility index (Phi) is 3.91. The molecule has 1 aromatic carbocycles. The van der Waals surface area contributed by atoms with Gasteiger partial charge in [0.05, 0.1) is 19.3 Å². The minimum atomic E-state index is -2.81. The van der Waals surface area contributed by atoms with Gasteiger partial charge in [-0.1, -0.05) is 18.2 Å². The molecule has 1 aromatic rings. The Labute approximate surface area is 98.7 Å². The van der Waals surface area contributed by atoms with E-state index in [2.05, 4.69) is 10.1 Å². The van der Waals surface area contributed by atoms with Gasteiger partial charge in [-0.3, -0.25) is 0 Å². The van der Waals surface area contributed by atoms with Crippen molar-refractivity contribution < 1.29 is 18.3 Å². The first kappa shape index (κ1) is 12.3. The normalized spacial score (nSPS) is 20.6. The first-order valence-corrected chi connectivity index (χ1v) is 5.54. The van der Waals surface area contributed by atoms with Crippen molar-refractivity contribution >= 4 is 0 Å². The molecule has 0 aromatic heterocycles. The Morgan fingerprint density at radius 2 is 2.29 bits per heavy atom. The lowest BCUT2D eigenvalue weighted by molar-refractivity contribution is -0.0517. The maximum Gasteiger partial charge on any atom is 0.387 e. The van der Waals surface area contributed by atoms with Crippen molar-refractivity contribution in [3.63, 3.8) is 0 Å². The van der Waals surface area contributed by atoms with Gasteiger partial charge in [0, 0.05) is 12.1 Å². The Hall–Kier alpha value is -1.20. The molecule has 0 bridgehead atoms. The molecule has 5 heteroatoms. The Morgan fingerprint density at radius 3 is 2.94 bits per heavy atom. The van der Waals surface area contributed by atoms with E-state index in [9.17, 15) is 8.78 Å². The lowest BCUT2D eigenvalue weighted by Gasteiger charge is -2.26. The summed E-state index contributed by atoms with van der Waals surface area (Å²) < 4.78 is 34.7. The van der Waals surface area contributed by atoms with Crippen molar-refractivity contribution in [1.29, 1.82) is 0 Å². The molecule has 1 aliphatic heterocycles. The molecule has 1 aliphatic rings. The van der Waals surface area contributed by atoms with E-state index in [4.69, 9.17) is 4.74 Å². The standard InChI is InChI=1S/C12H15F2NO2/c1-8-3-2-4-9(11(8)17-12(13)14)10-7-16-6-5-15-10/h2-4,10,12,15H,5-7H2,1H3. The first-order chi connectivity index (χ1) is 8.18. The van der Waals surface area contributed by atoms with E-state index in [1.54, 1.807) is 19.1 Å². The summed E-state index contributed by atoms with van der Waals surface area (Å²) in [5.41, 5.74) is 1.43. The molecule has 3 nitrogen and oxygen atoms in total. The van der Waals surface area contributed by atoms with Crippen LogP contribution < -0.4 is 10.1 Å². The molecule has 2 rings (SSSR count). The van der Waals surface area contributed by atoms with Crippen LogP contribution in [0.1, 0.15) is 17.2 Å². The number of aryl methyl sites for hydroxylation is 1. The molecule has 94 valence electrons. The van der Waals surface area contributed by atoms with Gasteiger partial charge in [0.25, 0.3) is 0 Å². The number of morpholine rings is 1. The van der Waals surface area contributed by atoms with Crippen LogP contribution >= 0.6 is 0 Å². The van der Waals surface area contributed by atoms with Crippen molar-refractivity contribution in [1.82, 2.24) is 5.32 Å². The van der Waals surface area contributed by atoms with Gasteiger partial charge >= 0.3 is 6.61 Å². The fourth-order valence-corrected chi connectivity index (χ4v) is 1.96. The number of hydrogen-bond donors (Lipinski definition) is 1. The van der Waals surface area contributed by atoms with E-state index in [1.165, 1.54) is 0 Å². The van der Waals surface area contributed by atoms with E-state index in [0.29, 0.717) is 25.3 Å². The second-order valence-electron chi connectivity index (χ2n) is 3.95. The first-order valence-electron chi connectivity index (χ1n) is 5.54. The maximum absolute atomic E-state index is 12.4. The Balaban J connectivity index is 2.27. The largest absolute Gasteiger partial charge is 0.434 e. The summed E-state index contributed by atoms with van der Waals surface area (Å²) in [6.45, 7) is 0.785. The van der Waals surface area contributed by atoms with Crippen molar-refractivity contribution in [2.75, 3.05) is 19.8 Å². The van der Waals surface area contributed by atoms with Crippen LogP contribution in [-0.2, 0) is 4.74 Å². The Morgan fingerprint density at radius 1 is 1.47 bits per heavy atom. The van der Waals surface area contributed by atoms with Crippen LogP contribution in [0.3, 0.4) is 0 Å². The average molecular weight is 243 g/mol. The number of ether oxygens (including phenoxy) is 2. The maximum atomic E-state index is 12.4. The van der Waals surface area contributed by atoms with E-state index in [1.807, 2.05) is 6.07 Å². The van der Waals surface area contributed by atoms with Gasteiger partial charge in [0.2, 0.25) is 0 Å². The zero-order chi connectivity index (χ0) is 12.3. The predicted octanol–water partition coefficient (Wildman–Crippen LogP) is 2.26. The average Bonchev–Trinajstić information content (AvgIpc) is 2.32. The molecule has 0 radical (unpaired) electrons. The third kappa shape index (κ3) is 2.92. The molecule has 0 amide bonds. The van der Waals surface area contributed by atoms with Crippen LogP contribution in [-0.4, -0.2) is 26.4 Å². The van der Waals surface area contributed by atoms with Crippen molar-refractivity contribution in [3.05, 3.63) is 29.3 Å². The SMILES string of the molecule is Cc1cccc(C2COCCN2)c1OC(F)F. The molecular formula is C12H15F2NO2. The summed E-state index contributed by atoms with van der Waals surface area (Å²) >= 11 is 0. The molecular weight excluding hydrogens is 228 g/mol. The van der Waals surface area contributed by atoms with Gasteiger partial charge in [0.1, 0.15) is 5.75 Å². The smallest absolute Gasteiger partial charge is 0.387 e. The second kappa shape index (κ2) is 5.42. The topological polar surface area (TPSA) is 30.5 Å². The number of halogens is 2. The summed E-state index contributed by atoms with van der Waals surface area (Å²) in [6, 6.07) is 5.29. The highest BCUT2D eigenvalue weighted by atomic mass is 19.3. The van der Waals surface area contributed by atoms with Crippen LogP contribution in [0, 0.1) is 6.92 Å². The Bertz CT molecular complexity index is 379. The molecule has 17 heavy (non-hydrogen) atoms. The highest BCUT2D eigenvalue weighted by Crippen LogP contribution is 2.31. The highest BCUT2D eigenvalue weighted by molar-refractivity contribution is 5.42. The van der Waals surface area contributed by atoms with Crippen molar-refractivity contribution in [2.45, 2.75) is 19.6 Å². The lowest BCUT2D eigenvalue weighted by atomic mass is 10.0. The number of benzene rings is 1. The van der Waals surface area contributed by atoms with Gasteiger partial charge < -0.3 is 14.8 Å². The van der Waals surface area contributed by atoms with Crippen LogP contribution in [0.15, 0.2) is 18.2 Å². The quantitative estimate of drug-likeness (QED) is 0.883. The molecule has 0 spiro atoms. The summed E-state index contributed by atoms with van der Waals surface area (Å²) in [5.74, 6) is 0.255. The monoisotopic (exact) mass is 243 g/mol. The lowest BCUT2D eigenvalue weighted by Crippen LogP contribution is -2.35. The van der Waals surface area contributed by atoms with Gasteiger partial charge in [-0.15, -0.1) is 0 Å². The number of hydrogen-bond acceptors (Lipinski definition) is 3. The third-order valence-corrected chi connectivity index (χ3v) is 2.75. The van der Waals surface area contributed by atoms with Gasteiger partial charge in [-0.25, -0.2) is 0 Å². The minimum Gasteiger partial charge on any atom is -0.434 e. The third-order valence-electron chi connectivity index (χ3n) is 2.75. The van der Waals surface area contributed by atoms with E-state index in [-0.39, 0.29) is 11.8 Å². The van der Waals surface area contributed by atoms with Crippen LogP contribution in [0.4, 0.5) is 8.78 Å². The highest BCUT2D eigenvalue weighted by Gasteiger charge is 2.21. The second-order valence-corrected chi connectivity index (χ2v) is 3.95. The summed E-state index contributed by atoms with van der Waals surface area (Å²) in [7, 11) is 0. The number of rotatable bonds is 3. The number of alkyl halides is 2. The summed E-state index contributed by atoms with van der Waals surface area (Å²) in [6.07, 6.45) is 0. The van der Waals surface area contributed by atoms with E-state index >= 15 is 0 Å². The van der Waals surface area contributed by atoms with Gasteiger partial charge in [-0.05, 0) is 12.5 Å². The van der Waals surface area contributed by atoms with Gasteiger partial charge in [0.15, 0.2) is 0 Å². The van der Waals surface area contributed by atoms with Crippen LogP contribution in [0.5, 0.6) is 5.75 Å². The minimum absolute atomic E-state index is 0.0857. The van der Waals surface area contributed by atoms with Crippen molar-refractivity contribution in [2.24, 2.45) is 0 Å². The van der Waals surface area contributed by atoms with Crippen molar-refractivity contribution in [3.8, 4) is 5.75 Å².